The molecule has 3 heterocycles. The van der Waals surface area contributed by atoms with Crippen LogP contribution in [0.15, 0.2) is 53.6 Å². The summed E-state index contributed by atoms with van der Waals surface area (Å²) in [5, 5.41) is 0. The van der Waals surface area contributed by atoms with Crippen molar-refractivity contribution in [1.29, 1.82) is 0 Å². The number of fused-ring (bicyclic) bond motifs is 1. The first-order valence-corrected chi connectivity index (χ1v) is 11.4. The van der Waals surface area contributed by atoms with E-state index in [9.17, 15) is 26.3 Å². The highest BCUT2D eigenvalue weighted by atomic mass is 32.2. The molecule has 35 heavy (non-hydrogen) atoms. The number of rotatable bonds is 5. The molecule has 182 valence electrons. The molecule has 0 aliphatic carbocycles. The van der Waals surface area contributed by atoms with Gasteiger partial charge in [0.25, 0.3) is 0 Å². The molecule has 0 amide bonds. The molecule has 0 bridgehead atoms. The third-order valence-corrected chi connectivity index (χ3v) is 6.08. The van der Waals surface area contributed by atoms with Crippen molar-refractivity contribution in [2.24, 2.45) is 7.05 Å². The summed E-state index contributed by atoms with van der Waals surface area (Å²) in [4.78, 5) is 13.2. The molecule has 0 fully saturated rings. The summed E-state index contributed by atoms with van der Waals surface area (Å²) in [6.45, 7) is 1.94. The molecule has 4 aromatic rings. The van der Waals surface area contributed by atoms with Crippen molar-refractivity contribution in [2.45, 2.75) is 24.2 Å². The van der Waals surface area contributed by atoms with E-state index < -0.39 is 23.6 Å². The van der Waals surface area contributed by atoms with Crippen LogP contribution < -0.4 is 0 Å². The maximum absolute atomic E-state index is 13.3. The highest BCUT2D eigenvalue weighted by molar-refractivity contribution is 7.99. The van der Waals surface area contributed by atoms with Crippen molar-refractivity contribution >= 4 is 34.9 Å². The van der Waals surface area contributed by atoms with E-state index in [-0.39, 0.29) is 11.1 Å². The van der Waals surface area contributed by atoms with Gasteiger partial charge in [-0.3, -0.25) is 0 Å². The molecule has 0 spiro atoms. The molecular formula is C24H18F6N4S. The molecule has 1 aromatic carbocycles. The SMILES string of the molecule is CCSc1ccc(/C=C/c2ccccc2C(F)(F)F)nc1-c1nc2cc(C(F)(F)F)ncc2n1C. The van der Waals surface area contributed by atoms with E-state index in [2.05, 4.69) is 15.0 Å². The predicted molar refractivity (Wildman–Crippen MR) is 124 cm³/mol. The van der Waals surface area contributed by atoms with Gasteiger partial charge in [-0.1, -0.05) is 31.2 Å². The molecule has 0 atom stereocenters. The Labute approximate surface area is 200 Å². The van der Waals surface area contributed by atoms with Gasteiger partial charge in [0.1, 0.15) is 11.4 Å². The van der Waals surface area contributed by atoms with E-state index in [0.717, 1.165) is 23.2 Å². The second-order valence-corrected chi connectivity index (χ2v) is 8.79. The summed E-state index contributed by atoms with van der Waals surface area (Å²) >= 11 is 1.47. The van der Waals surface area contributed by atoms with Crippen molar-refractivity contribution in [2.75, 3.05) is 5.75 Å². The van der Waals surface area contributed by atoms with Crippen molar-refractivity contribution in [3.05, 3.63) is 71.2 Å². The van der Waals surface area contributed by atoms with Crippen molar-refractivity contribution in [1.82, 2.24) is 19.5 Å². The average Bonchev–Trinajstić information content (AvgIpc) is 3.13. The second kappa shape index (κ2) is 9.37. The van der Waals surface area contributed by atoms with Crippen LogP contribution in [0.2, 0.25) is 0 Å². The fourth-order valence-electron chi connectivity index (χ4n) is 3.52. The smallest absolute Gasteiger partial charge is 0.325 e. The van der Waals surface area contributed by atoms with E-state index in [1.54, 1.807) is 23.7 Å². The number of benzene rings is 1. The average molecular weight is 508 g/mol. The molecule has 0 saturated carbocycles. The highest BCUT2D eigenvalue weighted by Crippen LogP contribution is 2.35. The summed E-state index contributed by atoms with van der Waals surface area (Å²) in [7, 11) is 1.64. The van der Waals surface area contributed by atoms with Crippen LogP contribution in [-0.4, -0.2) is 25.3 Å². The molecule has 11 heteroatoms. The van der Waals surface area contributed by atoms with Gasteiger partial charge in [0.15, 0.2) is 5.82 Å². The quantitative estimate of drug-likeness (QED) is 0.209. The zero-order chi connectivity index (χ0) is 25.4. The Morgan fingerprint density at radius 1 is 0.943 bits per heavy atom. The molecule has 3 aromatic heterocycles. The number of aromatic nitrogens is 4. The Morgan fingerprint density at radius 3 is 2.37 bits per heavy atom. The summed E-state index contributed by atoms with van der Waals surface area (Å²) in [5.74, 6) is 1.02. The molecular weight excluding hydrogens is 490 g/mol. The fourth-order valence-corrected chi connectivity index (χ4v) is 4.27. The van der Waals surface area contributed by atoms with Gasteiger partial charge in [0, 0.05) is 11.9 Å². The predicted octanol–water partition coefficient (Wildman–Crippen LogP) is 7.35. The van der Waals surface area contributed by atoms with Gasteiger partial charge in [-0.2, -0.15) is 26.3 Å². The van der Waals surface area contributed by atoms with Gasteiger partial charge in [0.2, 0.25) is 0 Å². The Kier molecular flexibility index (Phi) is 6.63. The maximum Gasteiger partial charge on any atom is 0.433 e. The molecule has 0 unspecified atom stereocenters. The van der Waals surface area contributed by atoms with Gasteiger partial charge in [0.05, 0.1) is 28.5 Å². The number of alkyl halides is 6. The second-order valence-electron chi connectivity index (χ2n) is 7.48. The molecule has 0 aliphatic rings. The Bertz CT molecular complexity index is 1410. The molecule has 4 nitrogen and oxygen atoms in total. The number of aryl methyl sites for hydroxylation is 1. The van der Waals surface area contributed by atoms with Crippen molar-refractivity contribution in [3.63, 3.8) is 0 Å². The van der Waals surface area contributed by atoms with Crippen molar-refractivity contribution < 1.29 is 26.3 Å². The van der Waals surface area contributed by atoms with Gasteiger partial charge < -0.3 is 4.57 Å². The maximum atomic E-state index is 13.3. The summed E-state index contributed by atoms with van der Waals surface area (Å²) in [5.41, 5.74) is -0.539. The first-order valence-electron chi connectivity index (χ1n) is 10.4. The number of hydrogen-bond acceptors (Lipinski definition) is 4. The normalized spacial score (nSPS) is 12.7. The Hall–Kier alpha value is -3.34. The summed E-state index contributed by atoms with van der Waals surface area (Å²) in [6.07, 6.45) is -5.21. The van der Waals surface area contributed by atoms with Gasteiger partial charge >= 0.3 is 12.4 Å². The lowest BCUT2D eigenvalue weighted by atomic mass is 10.1. The van der Waals surface area contributed by atoms with Crippen LogP contribution in [0.1, 0.15) is 29.4 Å². The minimum absolute atomic E-state index is 0.0103. The van der Waals surface area contributed by atoms with Crippen LogP contribution >= 0.6 is 11.8 Å². The number of pyridine rings is 2. The van der Waals surface area contributed by atoms with Crippen LogP contribution in [0.5, 0.6) is 0 Å². The van der Waals surface area contributed by atoms with E-state index in [4.69, 9.17) is 0 Å². The highest BCUT2D eigenvalue weighted by Gasteiger charge is 2.33. The molecule has 0 N–H and O–H groups in total. The van der Waals surface area contributed by atoms with Crippen LogP contribution in [-0.2, 0) is 19.4 Å². The Balaban J connectivity index is 1.80. The first kappa shape index (κ1) is 24.8. The lowest BCUT2D eigenvalue weighted by molar-refractivity contribution is -0.141. The molecule has 0 radical (unpaired) electrons. The Morgan fingerprint density at radius 2 is 1.69 bits per heavy atom. The van der Waals surface area contributed by atoms with Crippen LogP contribution in [0.25, 0.3) is 34.7 Å². The van der Waals surface area contributed by atoms with Crippen LogP contribution in [0.3, 0.4) is 0 Å². The number of nitrogens with zero attached hydrogens (tertiary/aromatic N) is 4. The number of halogens is 6. The third kappa shape index (κ3) is 5.19. The largest absolute Gasteiger partial charge is 0.433 e. The van der Waals surface area contributed by atoms with E-state index in [1.165, 1.54) is 42.1 Å². The van der Waals surface area contributed by atoms with Gasteiger partial charge in [-0.05, 0) is 41.7 Å². The topological polar surface area (TPSA) is 43.6 Å². The zero-order valence-corrected chi connectivity index (χ0v) is 19.3. The van der Waals surface area contributed by atoms with E-state index in [0.29, 0.717) is 28.5 Å². The third-order valence-electron chi connectivity index (χ3n) is 5.15. The number of thioether (sulfide) groups is 1. The number of hydrogen-bond donors (Lipinski definition) is 0. The van der Waals surface area contributed by atoms with Crippen LogP contribution in [0.4, 0.5) is 26.3 Å². The van der Waals surface area contributed by atoms with Crippen molar-refractivity contribution in [3.8, 4) is 11.5 Å². The minimum atomic E-state index is -4.61. The standard InChI is InChI=1S/C24H18F6N4S/c1-3-35-19-11-10-15(9-8-14-6-4-5-7-16(14)23(25,26)27)32-21(19)22-33-17-12-20(24(28,29)30)31-13-18(17)34(22)2/h4-13H,3H2,1-2H3/b9-8+. The minimum Gasteiger partial charge on any atom is -0.325 e. The summed E-state index contributed by atoms with van der Waals surface area (Å²) in [6, 6.07) is 9.50. The van der Waals surface area contributed by atoms with E-state index in [1.807, 2.05) is 6.92 Å². The van der Waals surface area contributed by atoms with Gasteiger partial charge in [-0.15, -0.1) is 11.8 Å². The van der Waals surface area contributed by atoms with Crippen LogP contribution in [0, 0.1) is 0 Å². The molecule has 0 saturated heterocycles. The van der Waals surface area contributed by atoms with Gasteiger partial charge in [-0.25, -0.2) is 15.0 Å². The molecule has 0 aliphatic heterocycles. The first-order chi connectivity index (χ1) is 16.5. The number of imidazole rings is 1. The lowest BCUT2D eigenvalue weighted by Gasteiger charge is -2.10. The fraction of sp³-hybridized carbons (Fsp3) is 0.208. The lowest BCUT2D eigenvalue weighted by Crippen LogP contribution is -2.07. The summed E-state index contributed by atoms with van der Waals surface area (Å²) < 4.78 is 80.8. The van der Waals surface area contributed by atoms with E-state index >= 15 is 0 Å². The monoisotopic (exact) mass is 508 g/mol. The zero-order valence-electron chi connectivity index (χ0n) is 18.4. The molecule has 4 rings (SSSR count).